The van der Waals surface area contributed by atoms with Crippen molar-refractivity contribution < 1.29 is 4.57 Å². The summed E-state index contributed by atoms with van der Waals surface area (Å²) in [5.41, 5.74) is 3.98. The molecule has 1 saturated carbocycles. The van der Waals surface area contributed by atoms with Crippen LogP contribution in [0, 0.1) is 12.8 Å². The molecule has 1 heterocycles. The Hall–Kier alpha value is -1.83. The molecular weight excluding hydrogens is 316 g/mol. The van der Waals surface area contributed by atoms with Gasteiger partial charge in [0.1, 0.15) is 12.7 Å². The number of benzene rings is 1. The first-order valence-corrected chi connectivity index (χ1v) is 10.5. The standard InChI is InChI=1S/C24H35N2/c1-21-12-8-9-17-24(21)26(23-16-11-18-25(2)20-23)19-10-4-7-15-22-13-5-3-6-14-22/h8-9,11-12,16-18,20,22H,3-7,10,13-15,19H2,1-2H3/q+1. The summed E-state index contributed by atoms with van der Waals surface area (Å²) in [5.74, 6) is 1.02. The van der Waals surface area contributed by atoms with Gasteiger partial charge in [-0.3, -0.25) is 0 Å². The van der Waals surface area contributed by atoms with E-state index in [0.29, 0.717) is 0 Å². The van der Waals surface area contributed by atoms with Gasteiger partial charge in [0, 0.05) is 18.3 Å². The van der Waals surface area contributed by atoms with Gasteiger partial charge < -0.3 is 4.90 Å². The van der Waals surface area contributed by atoms with Crippen molar-refractivity contribution in [1.29, 1.82) is 0 Å². The molecule has 0 bridgehead atoms. The van der Waals surface area contributed by atoms with E-state index in [9.17, 15) is 0 Å². The average Bonchev–Trinajstić information content (AvgIpc) is 2.66. The molecule has 2 nitrogen and oxygen atoms in total. The summed E-state index contributed by atoms with van der Waals surface area (Å²) in [4.78, 5) is 2.50. The molecule has 0 atom stereocenters. The summed E-state index contributed by atoms with van der Waals surface area (Å²) in [6.45, 7) is 3.31. The smallest absolute Gasteiger partial charge is 0.192 e. The van der Waals surface area contributed by atoms with Crippen molar-refractivity contribution in [3.63, 3.8) is 0 Å². The quantitative estimate of drug-likeness (QED) is 0.412. The number of unbranched alkanes of at least 4 members (excludes halogenated alkanes) is 2. The minimum Gasteiger partial charge on any atom is -0.336 e. The van der Waals surface area contributed by atoms with Crippen LogP contribution in [0.15, 0.2) is 48.8 Å². The van der Waals surface area contributed by atoms with Gasteiger partial charge in [-0.15, -0.1) is 0 Å². The topological polar surface area (TPSA) is 7.12 Å². The molecule has 0 radical (unpaired) electrons. The highest BCUT2D eigenvalue weighted by atomic mass is 15.1. The van der Waals surface area contributed by atoms with Crippen LogP contribution in [0.5, 0.6) is 0 Å². The van der Waals surface area contributed by atoms with Crippen molar-refractivity contribution in [2.75, 3.05) is 11.4 Å². The highest BCUT2D eigenvalue weighted by molar-refractivity contribution is 5.65. The van der Waals surface area contributed by atoms with Gasteiger partial charge in [0.05, 0.1) is 0 Å². The summed E-state index contributed by atoms with van der Waals surface area (Å²) < 4.78 is 2.14. The van der Waals surface area contributed by atoms with Crippen LogP contribution in [0.4, 0.5) is 11.4 Å². The van der Waals surface area contributed by atoms with Crippen LogP contribution < -0.4 is 9.47 Å². The van der Waals surface area contributed by atoms with Crippen LogP contribution in [-0.4, -0.2) is 6.54 Å². The summed E-state index contributed by atoms with van der Waals surface area (Å²) in [7, 11) is 2.10. The van der Waals surface area contributed by atoms with E-state index < -0.39 is 0 Å². The fraction of sp³-hybridized carbons (Fsp3) is 0.542. The number of hydrogen-bond acceptors (Lipinski definition) is 1. The molecule has 2 heteroatoms. The van der Waals surface area contributed by atoms with E-state index >= 15 is 0 Å². The number of anilines is 2. The number of aryl methyl sites for hydroxylation is 2. The predicted molar refractivity (Wildman–Crippen MR) is 111 cm³/mol. The largest absolute Gasteiger partial charge is 0.336 e. The zero-order chi connectivity index (χ0) is 18.2. The number of aromatic nitrogens is 1. The third-order valence-electron chi connectivity index (χ3n) is 5.86. The Morgan fingerprint density at radius 3 is 2.54 bits per heavy atom. The van der Waals surface area contributed by atoms with Gasteiger partial charge in [-0.25, -0.2) is 4.57 Å². The highest BCUT2D eigenvalue weighted by Crippen LogP contribution is 2.30. The third kappa shape index (κ3) is 5.33. The molecule has 1 aromatic heterocycles. The Morgan fingerprint density at radius 1 is 0.962 bits per heavy atom. The summed E-state index contributed by atoms with van der Waals surface area (Å²) in [5, 5.41) is 0. The van der Waals surface area contributed by atoms with E-state index in [1.54, 1.807) is 0 Å². The van der Waals surface area contributed by atoms with Crippen LogP contribution in [0.2, 0.25) is 0 Å². The Bertz CT molecular complexity index is 673. The Balaban J connectivity index is 1.58. The lowest BCUT2D eigenvalue weighted by molar-refractivity contribution is -0.670. The van der Waals surface area contributed by atoms with Gasteiger partial charge in [-0.05, 0) is 37.0 Å². The molecule has 140 valence electrons. The van der Waals surface area contributed by atoms with Gasteiger partial charge >= 0.3 is 0 Å². The zero-order valence-electron chi connectivity index (χ0n) is 16.7. The van der Waals surface area contributed by atoms with Crippen molar-refractivity contribution >= 4 is 11.4 Å². The molecule has 26 heavy (non-hydrogen) atoms. The third-order valence-corrected chi connectivity index (χ3v) is 5.86. The minimum absolute atomic E-state index is 1.02. The maximum atomic E-state index is 2.50. The first-order valence-electron chi connectivity index (χ1n) is 10.5. The van der Waals surface area contributed by atoms with E-state index in [1.165, 1.54) is 74.7 Å². The minimum atomic E-state index is 1.02. The zero-order valence-corrected chi connectivity index (χ0v) is 16.7. The molecule has 0 spiro atoms. The number of hydrogen-bond donors (Lipinski definition) is 0. The van der Waals surface area contributed by atoms with E-state index in [1.807, 2.05) is 0 Å². The van der Waals surface area contributed by atoms with Crippen LogP contribution in [0.1, 0.15) is 63.4 Å². The van der Waals surface area contributed by atoms with Crippen molar-refractivity contribution in [3.05, 3.63) is 54.4 Å². The molecule has 1 aliphatic rings. The second-order valence-electron chi connectivity index (χ2n) is 8.02. The maximum Gasteiger partial charge on any atom is 0.192 e. The first-order chi connectivity index (χ1) is 12.7. The van der Waals surface area contributed by atoms with Crippen molar-refractivity contribution in [1.82, 2.24) is 0 Å². The molecule has 3 rings (SSSR count). The first kappa shape index (κ1) is 18.9. The normalized spacial score (nSPS) is 15.2. The van der Waals surface area contributed by atoms with Crippen LogP contribution in [0.25, 0.3) is 0 Å². The van der Waals surface area contributed by atoms with Gasteiger partial charge in [0.25, 0.3) is 0 Å². The Kier molecular flexibility index (Phi) is 7.11. The molecule has 0 aliphatic heterocycles. The van der Waals surface area contributed by atoms with Crippen LogP contribution >= 0.6 is 0 Å². The van der Waals surface area contributed by atoms with E-state index in [2.05, 4.69) is 72.2 Å². The Morgan fingerprint density at radius 2 is 1.77 bits per heavy atom. The number of para-hydroxylation sites is 1. The maximum absolute atomic E-state index is 2.50. The van der Waals surface area contributed by atoms with Gasteiger partial charge in [0.2, 0.25) is 0 Å². The second kappa shape index (κ2) is 9.75. The Labute approximate surface area is 159 Å². The summed E-state index contributed by atoms with van der Waals surface area (Å²) in [6, 6.07) is 13.1. The monoisotopic (exact) mass is 351 g/mol. The molecule has 1 fully saturated rings. The lowest BCUT2D eigenvalue weighted by Gasteiger charge is -2.26. The summed E-state index contributed by atoms with van der Waals surface area (Å²) >= 11 is 0. The SMILES string of the molecule is Cc1ccccc1N(CCCCCC1CCCCC1)c1ccc[n+](C)c1. The number of rotatable bonds is 8. The van der Waals surface area contributed by atoms with Crippen molar-refractivity contribution in [2.45, 2.75) is 64.7 Å². The summed E-state index contributed by atoms with van der Waals surface area (Å²) in [6.07, 6.45) is 17.2. The molecule has 0 saturated heterocycles. The van der Waals surface area contributed by atoms with E-state index in [-0.39, 0.29) is 0 Å². The van der Waals surface area contributed by atoms with E-state index in [4.69, 9.17) is 0 Å². The fourth-order valence-electron chi connectivity index (χ4n) is 4.34. The molecule has 0 N–H and O–H groups in total. The van der Waals surface area contributed by atoms with Gasteiger partial charge in [0.15, 0.2) is 12.4 Å². The average molecular weight is 352 g/mol. The van der Waals surface area contributed by atoms with Gasteiger partial charge in [-0.1, -0.05) is 69.6 Å². The molecule has 0 amide bonds. The van der Waals surface area contributed by atoms with Crippen LogP contribution in [-0.2, 0) is 7.05 Å². The van der Waals surface area contributed by atoms with E-state index in [0.717, 1.165) is 12.5 Å². The predicted octanol–water partition coefficient (Wildman–Crippen LogP) is 6.10. The molecule has 0 unspecified atom stereocenters. The molecule has 1 aromatic carbocycles. The van der Waals surface area contributed by atoms with Gasteiger partial charge in [-0.2, -0.15) is 0 Å². The fourth-order valence-corrected chi connectivity index (χ4v) is 4.34. The van der Waals surface area contributed by atoms with Crippen LogP contribution in [0.3, 0.4) is 0 Å². The highest BCUT2D eigenvalue weighted by Gasteiger charge is 2.15. The second-order valence-corrected chi connectivity index (χ2v) is 8.02. The molecule has 1 aliphatic carbocycles. The van der Waals surface area contributed by atoms with Crippen molar-refractivity contribution in [3.8, 4) is 0 Å². The van der Waals surface area contributed by atoms with Crippen molar-refractivity contribution in [2.24, 2.45) is 13.0 Å². The number of nitrogens with zero attached hydrogens (tertiary/aromatic N) is 2. The molecular formula is C24H35N2+. The lowest BCUT2D eigenvalue weighted by Crippen LogP contribution is -2.29. The number of pyridine rings is 1. The lowest BCUT2D eigenvalue weighted by atomic mass is 9.85. The molecule has 2 aromatic rings.